The maximum atomic E-state index is 13.2. The summed E-state index contributed by atoms with van der Waals surface area (Å²) in [4.78, 5) is 29.6. The van der Waals surface area contributed by atoms with Gasteiger partial charge in [-0.05, 0) is 37.5 Å². The van der Waals surface area contributed by atoms with Gasteiger partial charge in [0, 0.05) is 37.4 Å². The molecule has 5 nitrogen and oxygen atoms in total. The second-order valence-corrected chi connectivity index (χ2v) is 9.13. The van der Waals surface area contributed by atoms with Gasteiger partial charge in [-0.2, -0.15) is 0 Å². The van der Waals surface area contributed by atoms with Crippen molar-refractivity contribution in [3.05, 3.63) is 29.8 Å². The van der Waals surface area contributed by atoms with E-state index in [0.29, 0.717) is 17.7 Å². The molecule has 28 heavy (non-hydrogen) atoms. The minimum absolute atomic E-state index is 0.0724. The summed E-state index contributed by atoms with van der Waals surface area (Å²) >= 11 is 1.88. The van der Waals surface area contributed by atoms with Crippen molar-refractivity contribution in [1.82, 2.24) is 9.80 Å². The van der Waals surface area contributed by atoms with Gasteiger partial charge in [-0.1, -0.05) is 32.3 Å². The van der Waals surface area contributed by atoms with Crippen molar-refractivity contribution < 1.29 is 14.3 Å². The van der Waals surface area contributed by atoms with E-state index in [0.717, 1.165) is 51.1 Å². The first-order valence-corrected chi connectivity index (χ1v) is 11.5. The Hall–Kier alpha value is -1.69. The number of ether oxygens (including phenoxy) is 1. The van der Waals surface area contributed by atoms with Crippen molar-refractivity contribution in [3.8, 4) is 5.75 Å². The van der Waals surface area contributed by atoms with Gasteiger partial charge in [0.25, 0.3) is 5.91 Å². The minimum Gasteiger partial charge on any atom is -0.497 e. The van der Waals surface area contributed by atoms with Gasteiger partial charge in [0.2, 0.25) is 5.91 Å². The summed E-state index contributed by atoms with van der Waals surface area (Å²) in [5.74, 6) is 2.01. The molecular formula is C22H32N2O3S. The summed E-state index contributed by atoms with van der Waals surface area (Å²) in [5.41, 5.74) is 0.677. The third kappa shape index (κ3) is 4.65. The van der Waals surface area contributed by atoms with E-state index in [1.165, 1.54) is 12.8 Å². The van der Waals surface area contributed by atoms with Crippen molar-refractivity contribution in [3.63, 3.8) is 0 Å². The SMILES string of the molecule is CCCCCCC(=O)N1CCC2(CC1)SCCN2C(=O)c1cccc(OC)c1. The van der Waals surface area contributed by atoms with Gasteiger partial charge in [-0.3, -0.25) is 9.59 Å². The van der Waals surface area contributed by atoms with Gasteiger partial charge < -0.3 is 14.5 Å². The summed E-state index contributed by atoms with van der Waals surface area (Å²) in [6, 6.07) is 7.39. The molecule has 6 heteroatoms. The number of unbranched alkanes of at least 4 members (excludes halogenated alkanes) is 3. The van der Waals surface area contributed by atoms with E-state index < -0.39 is 0 Å². The van der Waals surface area contributed by atoms with Gasteiger partial charge in [-0.25, -0.2) is 0 Å². The van der Waals surface area contributed by atoms with Crippen LogP contribution in [0.3, 0.4) is 0 Å². The summed E-state index contributed by atoms with van der Waals surface area (Å²) in [5, 5.41) is 0. The fourth-order valence-corrected chi connectivity index (χ4v) is 5.64. The van der Waals surface area contributed by atoms with Crippen molar-refractivity contribution in [1.29, 1.82) is 0 Å². The molecule has 2 aliphatic rings. The average Bonchev–Trinajstić information content (AvgIpc) is 3.14. The lowest BCUT2D eigenvalue weighted by molar-refractivity contribution is -0.132. The summed E-state index contributed by atoms with van der Waals surface area (Å²) in [6.07, 6.45) is 6.89. The number of piperidine rings is 1. The molecule has 154 valence electrons. The Kier molecular flexibility index (Phi) is 7.27. The normalized spacial score (nSPS) is 18.5. The Labute approximate surface area is 172 Å². The lowest BCUT2D eigenvalue weighted by Gasteiger charge is -2.44. The first kappa shape index (κ1) is 21.0. The van der Waals surface area contributed by atoms with Crippen molar-refractivity contribution >= 4 is 23.6 Å². The van der Waals surface area contributed by atoms with Crippen molar-refractivity contribution in [2.45, 2.75) is 56.7 Å². The van der Waals surface area contributed by atoms with Crippen molar-refractivity contribution in [2.24, 2.45) is 0 Å². The van der Waals surface area contributed by atoms with E-state index >= 15 is 0 Å². The van der Waals surface area contributed by atoms with Crippen LogP contribution in [0.1, 0.15) is 62.2 Å². The Bertz CT molecular complexity index is 686. The molecule has 2 heterocycles. The third-order valence-electron chi connectivity index (χ3n) is 5.88. The molecule has 0 atom stereocenters. The highest BCUT2D eigenvalue weighted by atomic mass is 32.2. The number of hydrogen-bond acceptors (Lipinski definition) is 4. The molecule has 2 amide bonds. The number of thioether (sulfide) groups is 1. The van der Waals surface area contributed by atoms with Crippen LogP contribution >= 0.6 is 11.8 Å². The molecule has 2 saturated heterocycles. The first-order chi connectivity index (χ1) is 13.6. The summed E-state index contributed by atoms with van der Waals surface area (Å²) < 4.78 is 5.27. The molecule has 0 saturated carbocycles. The molecule has 0 radical (unpaired) electrons. The molecule has 2 aliphatic heterocycles. The van der Waals surface area contributed by atoms with Gasteiger partial charge in [-0.15, -0.1) is 11.8 Å². The van der Waals surface area contributed by atoms with Gasteiger partial charge in [0.05, 0.1) is 12.0 Å². The number of carbonyl (C=O) groups is 2. The fourth-order valence-electron chi connectivity index (χ4n) is 4.19. The standard InChI is InChI=1S/C22H32N2O3S/c1-3-4-5-6-10-20(25)23-13-11-22(12-14-23)24(15-16-28-22)21(26)18-8-7-9-19(17-18)27-2/h7-9,17H,3-6,10-16H2,1-2H3. The Morgan fingerprint density at radius 2 is 1.93 bits per heavy atom. The number of amides is 2. The molecule has 1 spiro atoms. The van der Waals surface area contributed by atoms with Gasteiger partial charge >= 0.3 is 0 Å². The quantitative estimate of drug-likeness (QED) is 0.640. The van der Waals surface area contributed by atoms with E-state index in [9.17, 15) is 9.59 Å². The maximum Gasteiger partial charge on any atom is 0.255 e. The van der Waals surface area contributed by atoms with Crippen LogP contribution in [-0.4, -0.2) is 59.0 Å². The molecule has 1 aromatic rings. The Morgan fingerprint density at radius 1 is 1.14 bits per heavy atom. The highest BCUT2D eigenvalue weighted by Crippen LogP contribution is 2.44. The lowest BCUT2D eigenvalue weighted by atomic mass is 10.00. The monoisotopic (exact) mass is 404 g/mol. The van der Waals surface area contributed by atoms with Crippen LogP contribution in [0.15, 0.2) is 24.3 Å². The largest absolute Gasteiger partial charge is 0.497 e. The van der Waals surface area contributed by atoms with Crippen LogP contribution in [-0.2, 0) is 4.79 Å². The van der Waals surface area contributed by atoms with E-state index in [-0.39, 0.29) is 16.7 Å². The number of carbonyl (C=O) groups excluding carboxylic acids is 2. The zero-order valence-electron chi connectivity index (χ0n) is 17.1. The topological polar surface area (TPSA) is 49.9 Å². The summed E-state index contributed by atoms with van der Waals surface area (Å²) in [7, 11) is 1.62. The number of methoxy groups -OCH3 is 1. The Morgan fingerprint density at radius 3 is 2.64 bits per heavy atom. The average molecular weight is 405 g/mol. The molecular weight excluding hydrogens is 372 g/mol. The zero-order valence-corrected chi connectivity index (χ0v) is 17.9. The fraction of sp³-hybridized carbons (Fsp3) is 0.636. The van der Waals surface area contributed by atoms with Gasteiger partial charge in [0.15, 0.2) is 0 Å². The molecule has 0 unspecified atom stereocenters. The van der Waals surface area contributed by atoms with Crippen molar-refractivity contribution in [2.75, 3.05) is 32.5 Å². The van der Waals surface area contributed by atoms with Crippen LogP contribution in [0, 0.1) is 0 Å². The van der Waals surface area contributed by atoms with E-state index in [1.807, 2.05) is 45.8 Å². The zero-order chi connectivity index (χ0) is 20.0. The smallest absolute Gasteiger partial charge is 0.255 e. The highest BCUT2D eigenvalue weighted by molar-refractivity contribution is 8.00. The second-order valence-electron chi connectivity index (χ2n) is 7.67. The molecule has 0 N–H and O–H groups in total. The molecule has 0 bridgehead atoms. The Balaban J connectivity index is 1.60. The highest BCUT2D eigenvalue weighted by Gasteiger charge is 2.47. The number of rotatable bonds is 7. The van der Waals surface area contributed by atoms with Crippen LogP contribution in [0.4, 0.5) is 0 Å². The molecule has 0 aliphatic carbocycles. The van der Waals surface area contributed by atoms with E-state index in [4.69, 9.17) is 4.74 Å². The number of benzene rings is 1. The van der Waals surface area contributed by atoms with E-state index in [2.05, 4.69) is 6.92 Å². The number of likely N-dealkylation sites (tertiary alicyclic amines) is 1. The van der Waals surface area contributed by atoms with Crippen LogP contribution in [0.25, 0.3) is 0 Å². The van der Waals surface area contributed by atoms with E-state index in [1.54, 1.807) is 7.11 Å². The maximum absolute atomic E-state index is 13.2. The number of nitrogens with zero attached hydrogens (tertiary/aromatic N) is 2. The molecule has 1 aromatic carbocycles. The van der Waals surface area contributed by atoms with Gasteiger partial charge in [0.1, 0.15) is 5.75 Å². The first-order valence-electron chi connectivity index (χ1n) is 10.5. The lowest BCUT2D eigenvalue weighted by Crippen LogP contribution is -2.53. The van der Waals surface area contributed by atoms with Crippen LogP contribution in [0.2, 0.25) is 0 Å². The van der Waals surface area contributed by atoms with Crippen LogP contribution < -0.4 is 4.74 Å². The molecule has 0 aromatic heterocycles. The minimum atomic E-state index is -0.168. The molecule has 3 rings (SSSR count). The third-order valence-corrected chi connectivity index (χ3v) is 7.43. The van der Waals surface area contributed by atoms with Crippen LogP contribution in [0.5, 0.6) is 5.75 Å². The predicted octanol–water partition coefficient (Wildman–Crippen LogP) is 4.17. The predicted molar refractivity (Wildman–Crippen MR) is 114 cm³/mol. The second kappa shape index (κ2) is 9.68. The molecule has 2 fully saturated rings. The summed E-state index contributed by atoms with van der Waals surface area (Å²) in [6.45, 7) is 4.46. The number of hydrogen-bond donors (Lipinski definition) is 0.